The zero-order valence-corrected chi connectivity index (χ0v) is 19.1. The number of likely N-dealkylation sites (N-methyl/N-ethyl adjacent to an activating group) is 1. The predicted octanol–water partition coefficient (Wildman–Crippen LogP) is 2.88. The van der Waals surface area contributed by atoms with Gasteiger partial charge in [0, 0.05) is 31.8 Å². The fraction of sp³-hybridized carbons (Fsp3) is 0.259. The molecule has 34 heavy (non-hydrogen) atoms. The molecule has 0 radical (unpaired) electrons. The third-order valence-corrected chi connectivity index (χ3v) is 5.75. The number of carbonyl (C=O) groups excluding carboxylic acids is 2. The van der Waals surface area contributed by atoms with Crippen LogP contribution in [0, 0.1) is 0 Å². The summed E-state index contributed by atoms with van der Waals surface area (Å²) < 4.78 is 10.8. The molecule has 176 valence electrons. The number of nitrogens with one attached hydrogen (secondary N) is 1. The van der Waals surface area contributed by atoms with Gasteiger partial charge in [-0.2, -0.15) is 0 Å². The molecule has 2 amide bonds. The molecule has 0 unspecified atom stereocenters. The highest BCUT2D eigenvalue weighted by Gasteiger charge is 2.26. The molecular weight excluding hydrogens is 432 g/mol. The Morgan fingerprint density at radius 2 is 1.68 bits per heavy atom. The van der Waals surface area contributed by atoms with E-state index in [2.05, 4.69) is 5.32 Å². The molecule has 7 heteroatoms. The molecule has 1 atom stereocenters. The van der Waals surface area contributed by atoms with E-state index >= 15 is 0 Å². The van der Waals surface area contributed by atoms with Crippen LogP contribution in [0.15, 0.2) is 72.8 Å². The molecule has 0 spiro atoms. The summed E-state index contributed by atoms with van der Waals surface area (Å²) in [5.41, 5.74) is 3.40. The number of aliphatic hydroxyl groups excluding tert-OH is 1. The lowest BCUT2D eigenvalue weighted by Crippen LogP contribution is -2.49. The van der Waals surface area contributed by atoms with E-state index in [-0.39, 0.29) is 31.6 Å². The van der Waals surface area contributed by atoms with Gasteiger partial charge in [-0.25, -0.2) is 0 Å². The maximum absolute atomic E-state index is 13.5. The van der Waals surface area contributed by atoms with Crippen LogP contribution in [0.25, 0.3) is 0 Å². The highest BCUT2D eigenvalue weighted by Crippen LogP contribution is 2.35. The predicted molar refractivity (Wildman–Crippen MR) is 129 cm³/mol. The first-order chi connectivity index (χ1) is 16.5. The van der Waals surface area contributed by atoms with E-state index in [4.69, 9.17) is 9.47 Å². The number of aliphatic hydroxyl groups is 1. The number of nitrogens with zero attached hydrogens (tertiary/aromatic N) is 1. The summed E-state index contributed by atoms with van der Waals surface area (Å²) in [6, 6.07) is 21.7. The highest BCUT2D eigenvalue weighted by molar-refractivity contribution is 5.99. The van der Waals surface area contributed by atoms with Crippen LogP contribution in [0.1, 0.15) is 16.7 Å². The van der Waals surface area contributed by atoms with Gasteiger partial charge in [0.15, 0.2) is 11.5 Å². The second kappa shape index (κ2) is 10.9. The second-order valence-corrected chi connectivity index (χ2v) is 8.21. The van der Waals surface area contributed by atoms with E-state index in [0.717, 1.165) is 16.7 Å². The second-order valence-electron chi connectivity index (χ2n) is 8.21. The number of ether oxygens (including phenoxy) is 2. The SMILES string of the molecule is CN(C(=O)[C@H](Cc1ccccc1)NC(=O)Cc1cccc(CCO)c1)c1ccc2c(c1)OCO2. The third kappa shape index (κ3) is 5.74. The Morgan fingerprint density at radius 1 is 0.941 bits per heavy atom. The molecule has 3 aromatic carbocycles. The van der Waals surface area contributed by atoms with Crippen molar-refractivity contribution in [1.82, 2.24) is 5.32 Å². The molecule has 0 aromatic heterocycles. The molecule has 1 aliphatic rings. The van der Waals surface area contributed by atoms with E-state index in [1.807, 2.05) is 54.6 Å². The number of carbonyl (C=O) groups is 2. The quantitative estimate of drug-likeness (QED) is 0.513. The van der Waals surface area contributed by atoms with Crippen LogP contribution in [0.5, 0.6) is 11.5 Å². The molecule has 1 heterocycles. The molecule has 1 aliphatic heterocycles. The van der Waals surface area contributed by atoms with E-state index in [0.29, 0.717) is 30.0 Å². The molecule has 0 saturated heterocycles. The summed E-state index contributed by atoms with van der Waals surface area (Å²) in [6.07, 6.45) is 1.04. The van der Waals surface area contributed by atoms with E-state index < -0.39 is 6.04 Å². The normalized spacial score (nSPS) is 12.8. The molecule has 0 aliphatic carbocycles. The van der Waals surface area contributed by atoms with Crippen LogP contribution >= 0.6 is 0 Å². The average Bonchev–Trinajstić information content (AvgIpc) is 3.32. The lowest BCUT2D eigenvalue weighted by Gasteiger charge is -2.25. The zero-order chi connectivity index (χ0) is 23.9. The fourth-order valence-electron chi connectivity index (χ4n) is 3.96. The van der Waals surface area contributed by atoms with Gasteiger partial charge in [0.1, 0.15) is 6.04 Å². The lowest BCUT2D eigenvalue weighted by molar-refractivity contribution is -0.127. The van der Waals surface area contributed by atoms with Crippen molar-refractivity contribution in [2.24, 2.45) is 0 Å². The van der Waals surface area contributed by atoms with E-state index in [1.54, 1.807) is 25.2 Å². The number of anilines is 1. The van der Waals surface area contributed by atoms with E-state index in [1.165, 1.54) is 4.90 Å². The minimum Gasteiger partial charge on any atom is -0.454 e. The van der Waals surface area contributed by atoms with Gasteiger partial charge in [-0.15, -0.1) is 0 Å². The number of amides is 2. The molecule has 0 saturated carbocycles. The summed E-state index contributed by atoms with van der Waals surface area (Å²) in [6.45, 7) is 0.206. The Balaban J connectivity index is 1.50. The van der Waals surface area contributed by atoms with Gasteiger partial charge < -0.3 is 24.8 Å². The standard InChI is InChI=1S/C27H28N2O5/c1-29(22-10-11-24-25(17-22)34-18-33-24)27(32)23(15-19-6-3-2-4-7-19)28-26(31)16-21-9-5-8-20(14-21)12-13-30/h2-11,14,17,23,30H,12-13,15-16,18H2,1H3,(H,28,31)/t23-/m0/s1. The lowest BCUT2D eigenvalue weighted by atomic mass is 10.0. The van der Waals surface area contributed by atoms with Gasteiger partial charge in [-0.05, 0) is 35.2 Å². The molecule has 0 bridgehead atoms. The topological polar surface area (TPSA) is 88.1 Å². The van der Waals surface area contributed by atoms with Crippen LogP contribution in [0.2, 0.25) is 0 Å². The van der Waals surface area contributed by atoms with Crippen molar-refractivity contribution in [2.45, 2.75) is 25.3 Å². The van der Waals surface area contributed by atoms with Crippen molar-refractivity contribution in [3.05, 3.63) is 89.5 Å². The molecule has 0 fully saturated rings. The highest BCUT2D eigenvalue weighted by atomic mass is 16.7. The summed E-state index contributed by atoms with van der Waals surface area (Å²) in [7, 11) is 1.68. The van der Waals surface area contributed by atoms with Crippen LogP contribution in [-0.2, 0) is 28.9 Å². The maximum Gasteiger partial charge on any atom is 0.249 e. The zero-order valence-electron chi connectivity index (χ0n) is 19.1. The largest absolute Gasteiger partial charge is 0.454 e. The smallest absolute Gasteiger partial charge is 0.249 e. The van der Waals surface area contributed by atoms with Crippen LogP contribution in [-0.4, -0.2) is 43.4 Å². The van der Waals surface area contributed by atoms with Gasteiger partial charge in [0.2, 0.25) is 18.6 Å². The van der Waals surface area contributed by atoms with Crippen LogP contribution < -0.4 is 19.7 Å². The first kappa shape index (κ1) is 23.3. The number of rotatable bonds is 9. The minimum absolute atomic E-state index is 0.0511. The van der Waals surface area contributed by atoms with Crippen molar-refractivity contribution in [3.63, 3.8) is 0 Å². The van der Waals surface area contributed by atoms with Gasteiger partial charge in [-0.1, -0.05) is 54.6 Å². The Labute approximate surface area is 198 Å². The molecule has 7 nitrogen and oxygen atoms in total. The molecule has 2 N–H and O–H groups in total. The summed E-state index contributed by atoms with van der Waals surface area (Å²) in [4.78, 5) is 27.9. The van der Waals surface area contributed by atoms with Crippen molar-refractivity contribution in [1.29, 1.82) is 0 Å². The van der Waals surface area contributed by atoms with Crippen LogP contribution in [0.4, 0.5) is 5.69 Å². The van der Waals surface area contributed by atoms with Gasteiger partial charge in [0.05, 0.1) is 6.42 Å². The number of hydrogen-bond acceptors (Lipinski definition) is 5. The number of benzene rings is 3. The van der Waals surface area contributed by atoms with Gasteiger partial charge in [-0.3, -0.25) is 9.59 Å². The maximum atomic E-state index is 13.5. The number of hydrogen-bond donors (Lipinski definition) is 2. The third-order valence-electron chi connectivity index (χ3n) is 5.75. The Kier molecular flexibility index (Phi) is 7.44. The summed E-state index contributed by atoms with van der Waals surface area (Å²) in [5, 5.41) is 12.1. The van der Waals surface area contributed by atoms with Crippen molar-refractivity contribution < 1.29 is 24.2 Å². The minimum atomic E-state index is -0.744. The van der Waals surface area contributed by atoms with Crippen LogP contribution in [0.3, 0.4) is 0 Å². The summed E-state index contributed by atoms with van der Waals surface area (Å²) in [5.74, 6) is 0.755. The summed E-state index contributed by atoms with van der Waals surface area (Å²) >= 11 is 0. The van der Waals surface area contributed by atoms with Crippen molar-refractivity contribution in [2.75, 3.05) is 25.3 Å². The van der Waals surface area contributed by atoms with Crippen molar-refractivity contribution in [3.8, 4) is 11.5 Å². The Bertz CT molecular complexity index is 1150. The average molecular weight is 461 g/mol. The first-order valence-corrected chi connectivity index (χ1v) is 11.2. The Hall–Kier alpha value is -3.84. The molecule has 3 aromatic rings. The number of fused-ring (bicyclic) bond motifs is 1. The molecular formula is C27H28N2O5. The molecule has 4 rings (SSSR count). The van der Waals surface area contributed by atoms with Crippen molar-refractivity contribution >= 4 is 17.5 Å². The first-order valence-electron chi connectivity index (χ1n) is 11.2. The fourth-order valence-corrected chi connectivity index (χ4v) is 3.96. The monoisotopic (exact) mass is 460 g/mol. The Morgan fingerprint density at radius 3 is 2.47 bits per heavy atom. The van der Waals surface area contributed by atoms with Gasteiger partial charge >= 0.3 is 0 Å². The van der Waals surface area contributed by atoms with E-state index in [9.17, 15) is 14.7 Å². The van der Waals surface area contributed by atoms with Gasteiger partial charge in [0.25, 0.3) is 0 Å².